The number of aromatic nitrogens is 2. The van der Waals surface area contributed by atoms with Crippen LogP contribution in [0.2, 0.25) is 0 Å². The fraction of sp³-hybridized carbons (Fsp3) is 0.533. The van der Waals surface area contributed by atoms with E-state index in [9.17, 15) is 0 Å². The largest absolute Gasteiger partial charge is 0.316 e. The highest BCUT2D eigenvalue weighted by atomic mass is 15.2. The Balaban J connectivity index is 1.79. The average Bonchev–Trinajstić information content (AvgIpc) is 2.81. The second kappa shape index (κ2) is 5.31. The van der Waals surface area contributed by atoms with Crippen LogP contribution in [0.25, 0.3) is 5.65 Å². The molecule has 4 nitrogen and oxygen atoms in total. The third kappa shape index (κ3) is 2.65. The number of fused-ring (bicyclic) bond motifs is 1. The molecule has 1 fully saturated rings. The van der Waals surface area contributed by atoms with E-state index >= 15 is 0 Å². The lowest BCUT2D eigenvalue weighted by atomic mass is 10.1. The first-order valence-electron chi connectivity index (χ1n) is 7.08. The van der Waals surface area contributed by atoms with Gasteiger partial charge in [-0.15, -0.1) is 0 Å². The Bertz CT molecular complexity index is 560. The molecule has 0 bridgehead atoms. The molecule has 0 aliphatic carbocycles. The van der Waals surface area contributed by atoms with Crippen molar-refractivity contribution in [1.29, 1.82) is 0 Å². The van der Waals surface area contributed by atoms with Crippen LogP contribution in [0.3, 0.4) is 0 Å². The Kier molecular flexibility index (Phi) is 3.53. The van der Waals surface area contributed by atoms with Gasteiger partial charge in [0.15, 0.2) is 0 Å². The maximum Gasteiger partial charge on any atom is 0.136 e. The first-order valence-corrected chi connectivity index (χ1v) is 7.08. The lowest BCUT2D eigenvalue weighted by Gasteiger charge is -2.32. The van der Waals surface area contributed by atoms with Crippen molar-refractivity contribution < 1.29 is 0 Å². The van der Waals surface area contributed by atoms with Gasteiger partial charge in [0, 0.05) is 25.3 Å². The molecule has 0 amide bonds. The SMILES string of the molecule is CNC1CCCN(Cc2cnc3ccc(C)cn23)C1. The van der Waals surface area contributed by atoms with E-state index in [2.05, 4.69) is 51.9 Å². The second-order valence-corrected chi connectivity index (χ2v) is 5.55. The Morgan fingerprint density at radius 3 is 3.16 bits per heavy atom. The normalized spacial score (nSPS) is 21.1. The molecule has 0 saturated carbocycles. The lowest BCUT2D eigenvalue weighted by molar-refractivity contribution is 0.185. The lowest BCUT2D eigenvalue weighted by Crippen LogP contribution is -2.44. The zero-order valence-corrected chi connectivity index (χ0v) is 11.8. The molecule has 3 heterocycles. The van der Waals surface area contributed by atoms with E-state index in [4.69, 9.17) is 0 Å². The van der Waals surface area contributed by atoms with E-state index in [1.165, 1.54) is 30.6 Å². The number of rotatable bonds is 3. The van der Waals surface area contributed by atoms with Crippen molar-refractivity contribution >= 4 is 5.65 Å². The minimum Gasteiger partial charge on any atom is -0.316 e. The van der Waals surface area contributed by atoms with Gasteiger partial charge in [0.1, 0.15) is 5.65 Å². The Hall–Kier alpha value is -1.39. The summed E-state index contributed by atoms with van der Waals surface area (Å²) in [5.41, 5.74) is 3.61. The zero-order valence-electron chi connectivity index (χ0n) is 11.8. The molecule has 0 spiro atoms. The molecule has 1 aliphatic heterocycles. The Morgan fingerprint density at radius 2 is 2.32 bits per heavy atom. The van der Waals surface area contributed by atoms with Gasteiger partial charge in [-0.05, 0) is 45.0 Å². The molecule has 0 aromatic carbocycles. The van der Waals surface area contributed by atoms with Gasteiger partial charge in [0.2, 0.25) is 0 Å². The van der Waals surface area contributed by atoms with Gasteiger partial charge in [-0.25, -0.2) is 4.98 Å². The van der Waals surface area contributed by atoms with Crippen LogP contribution in [0.5, 0.6) is 0 Å². The molecule has 1 unspecified atom stereocenters. The molecule has 19 heavy (non-hydrogen) atoms. The van der Waals surface area contributed by atoms with Crippen LogP contribution >= 0.6 is 0 Å². The summed E-state index contributed by atoms with van der Waals surface area (Å²) in [5.74, 6) is 0. The van der Waals surface area contributed by atoms with Crippen LogP contribution in [0.15, 0.2) is 24.5 Å². The predicted octanol–water partition coefficient (Wildman–Crippen LogP) is 1.83. The molecular formula is C15H22N4. The topological polar surface area (TPSA) is 32.6 Å². The molecule has 0 radical (unpaired) electrons. The molecule has 1 saturated heterocycles. The number of hydrogen-bond acceptors (Lipinski definition) is 3. The summed E-state index contributed by atoms with van der Waals surface area (Å²) >= 11 is 0. The van der Waals surface area contributed by atoms with Gasteiger partial charge < -0.3 is 9.72 Å². The highest BCUT2D eigenvalue weighted by Gasteiger charge is 2.19. The molecule has 1 N–H and O–H groups in total. The second-order valence-electron chi connectivity index (χ2n) is 5.55. The van der Waals surface area contributed by atoms with Crippen molar-refractivity contribution in [3.8, 4) is 0 Å². The van der Waals surface area contributed by atoms with Gasteiger partial charge in [-0.1, -0.05) is 6.07 Å². The van der Waals surface area contributed by atoms with Gasteiger partial charge in [-0.3, -0.25) is 4.90 Å². The average molecular weight is 258 g/mol. The molecule has 1 aliphatic rings. The summed E-state index contributed by atoms with van der Waals surface area (Å²) in [6, 6.07) is 4.84. The zero-order chi connectivity index (χ0) is 13.2. The molecule has 102 valence electrons. The quantitative estimate of drug-likeness (QED) is 0.911. The minimum atomic E-state index is 0.634. The van der Waals surface area contributed by atoms with E-state index in [1.54, 1.807) is 0 Å². The van der Waals surface area contributed by atoms with Crippen LogP contribution in [0.4, 0.5) is 0 Å². The summed E-state index contributed by atoms with van der Waals surface area (Å²) < 4.78 is 2.22. The molecule has 4 heteroatoms. The third-order valence-electron chi connectivity index (χ3n) is 4.03. The van der Waals surface area contributed by atoms with Crippen molar-refractivity contribution in [3.05, 3.63) is 35.8 Å². The van der Waals surface area contributed by atoms with E-state index < -0.39 is 0 Å². The minimum absolute atomic E-state index is 0.634. The number of nitrogens with one attached hydrogen (secondary N) is 1. The van der Waals surface area contributed by atoms with Crippen LogP contribution in [-0.2, 0) is 6.54 Å². The molecule has 3 rings (SSSR count). The number of pyridine rings is 1. The van der Waals surface area contributed by atoms with Crippen LogP contribution < -0.4 is 5.32 Å². The first-order chi connectivity index (χ1) is 9.26. The summed E-state index contributed by atoms with van der Waals surface area (Å²) in [6.45, 7) is 5.44. The van der Waals surface area contributed by atoms with E-state index in [0.29, 0.717) is 6.04 Å². The number of hydrogen-bond donors (Lipinski definition) is 1. The van der Waals surface area contributed by atoms with Gasteiger partial charge in [0.25, 0.3) is 0 Å². The fourth-order valence-corrected chi connectivity index (χ4v) is 2.92. The van der Waals surface area contributed by atoms with Crippen molar-refractivity contribution in [2.45, 2.75) is 32.4 Å². The smallest absolute Gasteiger partial charge is 0.136 e. The van der Waals surface area contributed by atoms with Gasteiger partial charge >= 0.3 is 0 Å². The molecule has 2 aromatic rings. The van der Waals surface area contributed by atoms with Crippen LogP contribution in [0.1, 0.15) is 24.1 Å². The molecule has 2 aromatic heterocycles. The number of piperidine rings is 1. The highest BCUT2D eigenvalue weighted by Crippen LogP contribution is 2.15. The fourth-order valence-electron chi connectivity index (χ4n) is 2.92. The van der Waals surface area contributed by atoms with Crippen molar-refractivity contribution in [2.75, 3.05) is 20.1 Å². The number of aryl methyl sites for hydroxylation is 1. The van der Waals surface area contributed by atoms with Crippen LogP contribution in [-0.4, -0.2) is 40.5 Å². The standard InChI is InChI=1S/C15H22N4/c1-12-5-6-15-17-8-14(19(15)9-12)11-18-7-3-4-13(10-18)16-2/h5-6,8-9,13,16H,3-4,7,10-11H2,1-2H3. The first kappa shape index (κ1) is 12.6. The monoisotopic (exact) mass is 258 g/mol. The maximum absolute atomic E-state index is 4.49. The summed E-state index contributed by atoms with van der Waals surface area (Å²) in [4.78, 5) is 7.01. The summed E-state index contributed by atoms with van der Waals surface area (Å²) in [5, 5.41) is 3.40. The number of likely N-dealkylation sites (tertiary alicyclic amines) is 1. The maximum atomic E-state index is 4.49. The summed E-state index contributed by atoms with van der Waals surface area (Å²) in [6.07, 6.45) is 6.76. The highest BCUT2D eigenvalue weighted by molar-refractivity contribution is 5.41. The number of nitrogens with zero attached hydrogens (tertiary/aromatic N) is 3. The van der Waals surface area contributed by atoms with Gasteiger partial charge in [0.05, 0.1) is 11.9 Å². The van der Waals surface area contributed by atoms with Crippen molar-refractivity contribution in [1.82, 2.24) is 19.6 Å². The van der Waals surface area contributed by atoms with Crippen LogP contribution in [0, 0.1) is 6.92 Å². The number of imidazole rings is 1. The molecular weight excluding hydrogens is 236 g/mol. The molecule has 1 atom stereocenters. The van der Waals surface area contributed by atoms with Gasteiger partial charge in [-0.2, -0.15) is 0 Å². The Morgan fingerprint density at radius 1 is 1.42 bits per heavy atom. The number of likely N-dealkylation sites (N-methyl/N-ethyl adjacent to an activating group) is 1. The van der Waals surface area contributed by atoms with E-state index in [-0.39, 0.29) is 0 Å². The van der Waals surface area contributed by atoms with E-state index in [1.807, 2.05) is 6.20 Å². The third-order valence-corrected chi connectivity index (χ3v) is 4.03. The summed E-state index contributed by atoms with van der Waals surface area (Å²) in [7, 11) is 2.06. The van der Waals surface area contributed by atoms with E-state index in [0.717, 1.165) is 18.7 Å². The van der Waals surface area contributed by atoms with Crippen molar-refractivity contribution in [3.63, 3.8) is 0 Å². The van der Waals surface area contributed by atoms with Crippen molar-refractivity contribution in [2.24, 2.45) is 0 Å². The predicted molar refractivity (Wildman–Crippen MR) is 77.3 cm³/mol. The Labute approximate surface area is 114 Å².